The van der Waals surface area contributed by atoms with Crippen molar-refractivity contribution >= 4 is 0 Å². The second-order valence-corrected chi connectivity index (χ2v) is 4.63. The highest BCUT2D eigenvalue weighted by Gasteiger charge is 2.02. The molecule has 1 heterocycles. The third-order valence-electron chi connectivity index (χ3n) is 3.08. The van der Waals surface area contributed by atoms with Gasteiger partial charge in [0.15, 0.2) is 0 Å². The molecule has 100 valence electrons. The van der Waals surface area contributed by atoms with Gasteiger partial charge in [-0.25, -0.2) is 4.98 Å². The van der Waals surface area contributed by atoms with E-state index >= 15 is 0 Å². The van der Waals surface area contributed by atoms with Crippen LogP contribution in [0.5, 0.6) is 11.6 Å². The molecule has 0 fully saturated rings. The standard InChI is InChI=1S/C16H20N2O/c1-4-17-11-14-7-8-18-16(10-14)19-15-6-5-12(2)13(3)9-15/h5-10,17H,4,11H2,1-3H3. The van der Waals surface area contributed by atoms with Crippen molar-refractivity contribution < 1.29 is 4.74 Å². The quantitative estimate of drug-likeness (QED) is 0.887. The van der Waals surface area contributed by atoms with Gasteiger partial charge >= 0.3 is 0 Å². The molecular weight excluding hydrogens is 236 g/mol. The molecule has 0 amide bonds. The van der Waals surface area contributed by atoms with E-state index in [4.69, 9.17) is 4.74 Å². The van der Waals surface area contributed by atoms with Crippen LogP contribution in [0.15, 0.2) is 36.5 Å². The Labute approximate surface area is 114 Å². The van der Waals surface area contributed by atoms with E-state index in [0.29, 0.717) is 5.88 Å². The molecule has 2 rings (SSSR count). The molecule has 1 aromatic carbocycles. The third-order valence-corrected chi connectivity index (χ3v) is 3.08. The number of hydrogen-bond acceptors (Lipinski definition) is 3. The van der Waals surface area contributed by atoms with Crippen LogP contribution < -0.4 is 10.1 Å². The van der Waals surface area contributed by atoms with Gasteiger partial charge in [0.1, 0.15) is 5.75 Å². The maximum absolute atomic E-state index is 5.80. The first kappa shape index (κ1) is 13.6. The van der Waals surface area contributed by atoms with Crippen LogP contribution in [0.25, 0.3) is 0 Å². The van der Waals surface area contributed by atoms with E-state index in [2.05, 4.69) is 37.1 Å². The first-order valence-corrected chi connectivity index (χ1v) is 6.60. The fourth-order valence-electron chi connectivity index (χ4n) is 1.78. The molecule has 0 bridgehead atoms. The highest BCUT2D eigenvalue weighted by atomic mass is 16.5. The summed E-state index contributed by atoms with van der Waals surface area (Å²) < 4.78 is 5.80. The fraction of sp³-hybridized carbons (Fsp3) is 0.312. The highest BCUT2D eigenvalue weighted by Crippen LogP contribution is 2.22. The second-order valence-electron chi connectivity index (χ2n) is 4.63. The Morgan fingerprint density at radius 1 is 1.11 bits per heavy atom. The van der Waals surface area contributed by atoms with Crippen molar-refractivity contribution in [2.75, 3.05) is 6.54 Å². The molecular formula is C16H20N2O. The van der Waals surface area contributed by atoms with Crippen LogP contribution in [0.4, 0.5) is 0 Å². The van der Waals surface area contributed by atoms with E-state index in [1.54, 1.807) is 6.20 Å². The van der Waals surface area contributed by atoms with E-state index in [1.807, 2.05) is 24.3 Å². The van der Waals surface area contributed by atoms with Crippen LogP contribution in [0.2, 0.25) is 0 Å². The maximum Gasteiger partial charge on any atom is 0.219 e. The predicted molar refractivity (Wildman–Crippen MR) is 77.6 cm³/mol. The van der Waals surface area contributed by atoms with Crippen molar-refractivity contribution in [1.82, 2.24) is 10.3 Å². The van der Waals surface area contributed by atoms with Crippen molar-refractivity contribution in [2.45, 2.75) is 27.3 Å². The van der Waals surface area contributed by atoms with Gasteiger partial charge in [-0.3, -0.25) is 0 Å². The highest BCUT2D eigenvalue weighted by molar-refractivity contribution is 5.36. The molecule has 3 heteroatoms. The van der Waals surface area contributed by atoms with Crippen molar-refractivity contribution in [3.8, 4) is 11.6 Å². The van der Waals surface area contributed by atoms with Crippen LogP contribution in [0.1, 0.15) is 23.6 Å². The molecule has 0 aliphatic rings. The van der Waals surface area contributed by atoms with Gasteiger partial charge in [0.25, 0.3) is 0 Å². The van der Waals surface area contributed by atoms with Gasteiger partial charge in [0.05, 0.1) is 0 Å². The third kappa shape index (κ3) is 3.80. The Kier molecular flexibility index (Phi) is 4.53. The normalized spacial score (nSPS) is 10.5. The first-order chi connectivity index (χ1) is 9.19. The molecule has 2 aromatic rings. The van der Waals surface area contributed by atoms with Gasteiger partial charge in [0, 0.05) is 18.8 Å². The molecule has 0 aliphatic heterocycles. The Balaban J connectivity index is 2.11. The van der Waals surface area contributed by atoms with E-state index in [9.17, 15) is 0 Å². The largest absolute Gasteiger partial charge is 0.439 e. The Hall–Kier alpha value is -1.87. The van der Waals surface area contributed by atoms with Gasteiger partial charge in [-0.15, -0.1) is 0 Å². The summed E-state index contributed by atoms with van der Waals surface area (Å²) in [6.45, 7) is 8.05. The maximum atomic E-state index is 5.80. The molecule has 0 radical (unpaired) electrons. The number of hydrogen-bond donors (Lipinski definition) is 1. The summed E-state index contributed by atoms with van der Waals surface area (Å²) in [5, 5.41) is 3.29. The zero-order chi connectivity index (χ0) is 13.7. The van der Waals surface area contributed by atoms with E-state index < -0.39 is 0 Å². The minimum Gasteiger partial charge on any atom is -0.439 e. The number of ether oxygens (including phenoxy) is 1. The summed E-state index contributed by atoms with van der Waals surface area (Å²) >= 11 is 0. The van der Waals surface area contributed by atoms with Gasteiger partial charge in [0.2, 0.25) is 5.88 Å². The van der Waals surface area contributed by atoms with Crippen molar-refractivity contribution in [2.24, 2.45) is 0 Å². The molecule has 0 spiro atoms. The second kappa shape index (κ2) is 6.34. The smallest absolute Gasteiger partial charge is 0.219 e. The molecule has 0 aliphatic carbocycles. The van der Waals surface area contributed by atoms with Crippen molar-refractivity contribution in [1.29, 1.82) is 0 Å². The lowest BCUT2D eigenvalue weighted by atomic mass is 10.1. The molecule has 0 saturated heterocycles. The lowest BCUT2D eigenvalue weighted by Gasteiger charge is -2.08. The lowest BCUT2D eigenvalue weighted by Crippen LogP contribution is -2.11. The predicted octanol–water partition coefficient (Wildman–Crippen LogP) is 3.60. The Morgan fingerprint density at radius 3 is 2.68 bits per heavy atom. The zero-order valence-electron chi connectivity index (χ0n) is 11.7. The van der Waals surface area contributed by atoms with E-state index in [0.717, 1.165) is 18.8 Å². The summed E-state index contributed by atoms with van der Waals surface area (Å²) in [6, 6.07) is 10.0. The van der Waals surface area contributed by atoms with Crippen LogP contribution in [0, 0.1) is 13.8 Å². The fourth-order valence-corrected chi connectivity index (χ4v) is 1.78. The van der Waals surface area contributed by atoms with E-state index in [-0.39, 0.29) is 0 Å². The average molecular weight is 256 g/mol. The molecule has 19 heavy (non-hydrogen) atoms. The SMILES string of the molecule is CCNCc1ccnc(Oc2ccc(C)c(C)c2)c1. The van der Waals surface area contributed by atoms with Crippen LogP contribution in [-0.2, 0) is 6.54 Å². The summed E-state index contributed by atoms with van der Waals surface area (Å²) in [6.07, 6.45) is 1.78. The molecule has 1 N–H and O–H groups in total. The van der Waals surface area contributed by atoms with Gasteiger partial charge in [-0.2, -0.15) is 0 Å². The number of aromatic nitrogens is 1. The molecule has 3 nitrogen and oxygen atoms in total. The molecule has 0 atom stereocenters. The van der Waals surface area contributed by atoms with Gasteiger partial charge in [-0.05, 0) is 55.3 Å². The molecule has 1 aromatic heterocycles. The zero-order valence-corrected chi connectivity index (χ0v) is 11.7. The van der Waals surface area contributed by atoms with Crippen LogP contribution in [0.3, 0.4) is 0 Å². The topological polar surface area (TPSA) is 34.2 Å². The summed E-state index contributed by atoms with van der Waals surface area (Å²) in [5.41, 5.74) is 3.66. The number of pyridine rings is 1. The number of benzene rings is 1. The van der Waals surface area contributed by atoms with E-state index in [1.165, 1.54) is 16.7 Å². The molecule has 0 saturated carbocycles. The minimum atomic E-state index is 0.638. The first-order valence-electron chi connectivity index (χ1n) is 6.60. The molecule has 0 unspecified atom stereocenters. The number of rotatable bonds is 5. The van der Waals surface area contributed by atoms with Crippen LogP contribution in [-0.4, -0.2) is 11.5 Å². The van der Waals surface area contributed by atoms with Gasteiger partial charge < -0.3 is 10.1 Å². The number of aryl methyl sites for hydroxylation is 2. The lowest BCUT2D eigenvalue weighted by molar-refractivity contribution is 0.461. The Bertz CT molecular complexity index is 552. The monoisotopic (exact) mass is 256 g/mol. The summed E-state index contributed by atoms with van der Waals surface area (Å²) in [4.78, 5) is 4.24. The minimum absolute atomic E-state index is 0.638. The number of nitrogens with one attached hydrogen (secondary N) is 1. The van der Waals surface area contributed by atoms with Crippen molar-refractivity contribution in [3.05, 3.63) is 53.2 Å². The average Bonchev–Trinajstić information content (AvgIpc) is 2.41. The van der Waals surface area contributed by atoms with Crippen molar-refractivity contribution in [3.63, 3.8) is 0 Å². The summed E-state index contributed by atoms with van der Waals surface area (Å²) in [5.74, 6) is 1.47. The summed E-state index contributed by atoms with van der Waals surface area (Å²) in [7, 11) is 0. The number of nitrogens with zero attached hydrogens (tertiary/aromatic N) is 1. The Morgan fingerprint density at radius 2 is 1.95 bits per heavy atom. The van der Waals surface area contributed by atoms with Crippen LogP contribution >= 0.6 is 0 Å². The van der Waals surface area contributed by atoms with Gasteiger partial charge in [-0.1, -0.05) is 13.0 Å².